The standard InChI is InChI=1S/C9H14O2S/c1-5(2)8-6(10)4-7(12-3)9(8)11/h5,7-8H,4H2,1-3H3. The minimum atomic E-state index is -0.317. The highest BCUT2D eigenvalue weighted by atomic mass is 32.2. The Bertz CT molecular complexity index is 211. The third-order valence-corrected chi connectivity index (χ3v) is 3.28. The zero-order valence-corrected chi connectivity index (χ0v) is 8.48. The summed E-state index contributed by atoms with van der Waals surface area (Å²) in [5, 5.41) is -0.0649. The van der Waals surface area contributed by atoms with Crippen LogP contribution in [-0.4, -0.2) is 23.1 Å². The second-order valence-corrected chi connectivity index (χ2v) is 4.56. The molecule has 0 radical (unpaired) electrons. The van der Waals surface area contributed by atoms with E-state index in [0.29, 0.717) is 6.42 Å². The topological polar surface area (TPSA) is 34.1 Å². The molecule has 0 aromatic carbocycles. The first-order valence-corrected chi connectivity index (χ1v) is 5.46. The zero-order chi connectivity index (χ0) is 9.30. The Kier molecular flexibility index (Phi) is 2.94. The zero-order valence-electron chi connectivity index (χ0n) is 7.66. The molecule has 0 saturated heterocycles. The summed E-state index contributed by atoms with van der Waals surface area (Å²) in [5.41, 5.74) is 0. The lowest BCUT2D eigenvalue weighted by atomic mass is 9.93. The van der Waals surface area contributed by atoms with E-state index in [-0.39, 0.29) is 28.7 Å². The molecule has 1 saturated carbocycles. The number of hydrogen-bond acceptors (Lipinski definition) is 3. The molecule has 1 fully saturated rings. The summed E-state index contributed by atoms with van der Waals surface area (Å²) < 4.78 is 0. The Labute approximate surface area is 77.1 Å². The van der Waals surface area contributed by atoms with Crippen molar-refractivity contribution in [3.63, 3.8) is 0 Å². The lowest BCUT2D eigenvalue weighted by Gasteiger charge is -2.10. The van der Waals surface area contributed by atoms with Crippen LogP contribution in [0.4, 0.5) is 0 Å². The van der Waals surface area contributed by atoms with Crippen LogP contribution in [0.3, 0.4) is 0 Å². The van der Waals surface area contributed by atoms with Crippen molar-refractivity contribution in [2.45, 2.75) is 25.5 Å². The van der Waals surface area contributed by atoms with Crippen LogP contribution in [0.5, 0.6) is 0 Å². The van der Waals surface area contributed by atoms with Gasteiger partial charge < -0.3 is 0 Å². The summed E-state index contributed by atoms with van der Waals surface area (Å²) in [6.45, 7) is 3.87. The molecule has 12 heavy (non-hydrogen) atoms. The highest BCUT2D eigenvalue weighted by Crippen LogP contribution is 2.31. The highest BCUT2D eigenvalue weighted by molar-refractivity contribution is 8.00. The van der Waals surface area contributed by atoms with Gasteiger partial charge in [-0.25, -0.2) is 0 Å². The largest absolute Gasteiger partial charge is 0.299 e. The molecule has 0 N–H and O–H groups in total. The number of ketones is 2. The van der Waals surface area contributed by atoms with Gasteiger partial charge in [-0.2, -0.15) is 11.8 Å². The van der Waals surface area contributed by atoms with E-state index in [1.54, 1.807) is 0 Å². The molecule has 0 heterocycles. The van der Waals surface area contributed by atoms with Crippen molar-refractivity contribution in [2.24, 2.45) is 11.8 Å². The minimum absolute atomic E-state index is 0.0649. The molecule has 2 nitrogen and oxygen atoms in total. The molecule has 1 aliphatic rings. The maximum Gasteiger partial charge on any atom is 0.156 e. The van der Waals surface area contributed by atoms with Gasteiger partial charge in [-0.15, -0.1) is 0 Å². The third-order valence-electron chi connectivity index (χ3n) is 2.31. The van der Waals surface area contributed by atoms with Crippen molar-refractivity contribution in [3.05, 3.63) is 0 Å². The Hall–Kier alpha value is -0.310. The molecule has 1 aliphatic carbocycles. The first-order valence-electron chi connectivity index (χ1n) is 4.17. The molecule has 0 aliphatic heterocycles. The van der Waals surface area contributed by atoms with Crippen LogP contribution in [0.15, 0.2) is 0 Å². The van der Waals surface area contributed by atoms with Crippen LogP contribution in [0.1, 0.15) is 20.3 Å². The molecule has 1 rings (SSSR count). The summed E-state index contributed by atoms with van der Waals surface area (Å²) in [6.07, 6.45) is 2.33. The normalized spacial score (nSPS) is 30.3. The maximum atomic E-state index is 11.5. The number of hydrogen-bond donors (Lipinski definition) is 0. The van der Waals surface area contributed by atoms with Gasteiger partial charge in [-0.3, -0.25) is 9.59 Å². The van der Waals surface area contributed by atoms with E-state index >= 15 is 0 Å². The third kappa shape index (κ3) is 1.56. The van der Waals surface area contributed by atoms with Gasteiger partial charge in [0.2, 0.25) is 0 Å². The number of rotatable bonds is 2. The number of carbonyl (C=O) groups excluding carboxylic acids is 2. The Balaban J connectivity index is 2.77. The van der Waals surface area contributed by atoms with Gasteiger partial charge in [0.15, 0.2) is 5.78 Å². The highest BCUT2D eigenvalue weighted by Gasteiger charge is 2.41. The van der Waals surface area contributed by atoms with Gasteiger partial charge in [-0.1, -0.05) is 13.8 Å². The van der Waals surface area contributed by atoms with E-state index in [9.17, 15) is 9.59 Å². The average Bonchev–Trinajstić information content (AvgIpc) is 2.25. The second kappa shape index (κ2) is 3.60. The van der Waals surface area contributed by atoms with Crippen molar-refractivity contribution in [2.75, 3.05) is 6.26 Å². The van der Waals surface area contributed by atoms with E-state index in [2.05, 4.69) is 0 Å². The predicted molar refractivity (Wildman–Crippen MR) is 50.3 cm³/mol. The molecule has 0 spiro atoms. The summed E-state index contributed by atoms with van der Waals surface area (Å²) in [6, 6.07) is 0. The maximum absolute atomic E-state index is 11.5. The molecule has 68 valence electrons. The van der Waals surface area contributed by atoms with Crippen molar-refractivity contribution >= 4 is 23.3 Å². The molecular formula is C9H14O2S. The van der Waals surface area contributed by atoms with Crippen LogP contribution in [0, 0.1) is 11.8 Å². The Morgan fingerprint density at radius 2 is 2.00 bits per heavy atom. The molecule has 0 aromatic rings. The van der Waals surface area contributed by atoms with Gasteiger partial charge in [0, 0.05) is 6.42 Å². The predicted octanol–water partition coefficient (Wildman–Crippen LogP) is 1.53. The SMILES string of the molecule is CSC1CC(=O)C(C(C)C)C1=O. The van der Waals surface area contributed by atoms with E-state index < -0.39 is 0 Å². The van der Waals surface area contributed by atoms with E-state index in [0.717, 1.165) is 0 Å². The first-order chi connectivity index (χ1) is 5.57. The van der Waals surface area contributed by atoms with E-state index in [1.165, 1.54) is 11.8 Å². The minimum Gasteiger partial charge on any atom is -0.299 e. The number of thioether (sulfide) groups is 1. The number of Topliss-reactive ketones (excluding diaryl/α,β-unsaturated/α-hetero) is 2. The Morgan fingerprint density at radius 3 is 2.25 bits per heavy atom. The summed E-state index contributed by atoms with van der Waals surface area (Å²) in [7, 11) is 0. The van der Waals surface area contributed by atoms with Crippen LogP contribution in [0.2, 0.25) is 0 Å². The lowest BCUT2D eigenvalue weighted by Crippen LogP contribution is -2.23. The van der Waals surface area contributed by atoms with E-state index in [1.807, 2.05) is 20.1 Å². The van der Waals surface area contributed by atoms with Crippen LogP contribution >= 0.6 is 11.8 Å². The second-order valence-electron chi connectivity index (χ2n) is 3.52. The molecular weight excluding hydrogens is 172 g/mol. The van der Waals surface area contributed by atoms with Crippen molar-refractivity contribution in [1.82, 2.24) is 0 Å². The fourth-order valence-corrected chi connectivity index (χ4v) is 2.38. The summed E-state index contributed by atoms with van der Waals surface area (Å²) in [5.74, 6) is 0.126. The molecule has 0 aromatic heterocycles. The van der Waals surface area contributed by atoms with Gasteiger partial charge in [0.05, 0.1) is 11.2 Å². The van der Waals surface area contributed by atoms with Gasteiger partial charge in [0.25, 0.3) is 0 Å². The fraction of sp³-hybridized carbons (Fsp3) is 0.778. The van der Waals surface area contributed by atoms with Gasteiger partial charge >= 0.3 is 0 Å². The van der Waals surface area contributed by atoms with Crippen LogP contribution in [-0.2, 0) is 9.59 Å². The van der Waals surface area contributed by atoms with Crippen LogP contribution in [0.25, 0.3) is 0 Å². The van der Waals surface area contributed by atoms with E-state index in [4.69, 9.17) is 0 Å². The van der Waals surface area contributed by atoms with Crippen LogP contribution < -0.4 is 0 Å². The Morgan fingerprint density at radius 1 is 1.42 bits per heavy atom. The molecule has 2 unspecified atom stereocenters. The number of carbonyl (C=O) groups is 2. The van der Waals surface area contributed by atoms with Crippen molar-refractivity contribution < 1.29 is 9.59 Å². The average molecular weight is 186 g/mol. The monoisotopic (exact) mass is 186 g/mol. The van der Waals surface area contributed by atoms with Crippen molar-refractivity contribution in [3.8, 4) is 0 Å². The molecule has 2 atom stereocenters. The fourth-order valence-electron chi connectivity index (χ4n) is 1.67. The lowest BCUT2D eigenvalue weighted by molar-refractivity contribution is -0.128. The molecule has 3 heteroatoms. The molecule has 0 amide bonds. The first kappa shape index (κ1) is 9.78. The summed E-state index contributed by atoms with van der Waals surface area (Å²) >= 11 is 1.50. The summed E-state index contributed by atoms with van der Waals surface area (Å²) in [4.78, 5) is 22.9. The van der Waals surface area contributed by atoms with Gasteiger partial charge in [-0.05, 0) is 12.2 Å². The van der Waals surface area contributed by atoms with Gasteiger partial charge in [0.1, 0.15) is 5.78 Å². The quantitative estimate of drug-likeness (QED) is 0.613. The molecule has 0 bridgehead atoms. The smallest absolute Gasteiger partial charge is 0.156 e. The van der Waals surface area contributed by atoms with Crippen molar-refractivity contribution in [1.29, 1.82) is 0 Å².